The Morgan fingerprint density at radius 1 is 1.17 bits per heavy atom. The molecule has 1 heterocycles. The van der Waals surface area contributed by atoms with Gasteiger partial charge in [-0.05, 0) is 22.6 Å². The van der Waals surface area contributed by atoms with E-state index in [0.717, 1.165) is 5.75 Å². The second kappa shape index (κ2) is 3.25. The predicted octanol–water partition coefficient (Wildman–Crippen LogP) is 2.58. The van der Waals surface area contributed by atoms with Crippen molar-refractivity contribution in [3.8, 4) is 0 Å². The van der Waals surface area contributed by atoms with Crippen LogP contribution in [0.2, 0.25) is 0 Å². The monoisotopic (exact) mass is 179 g/mol. The predicted molar refractivity (Wildman–Crippen MR) is 53.5 cm³/mol. The molecule has 0 saturated carbocycles. The van der Waals surface area contributed by atoms with E-state index in [4.69, 9.17) is 5.11 Å². The molecule has 2 rings (SSSR count). The quantitative estimate of drug-likeness (QED) is 0.702. The SMILES string of the molecule is OCC[s+]1ccc2ccccc21. The van der Waals surface area contributed by atoms with Crippen LogP contribution in [0.15, 0.2) is 35.7 Å². The van der Waals surface area contributed by atoms with Crippen molar-refractivity contribution < 1.29 is 5.11 Å². The number of aliphatic hydroxyl groups is 1. The minimum atomic E-state index is 0.167. The fourth-order valence-electron chi connectivity index (χ4n) is 1.36. The topological polar surface area (TPSA) is 20.2 Å². The van der Waals surface area contributed by atoms with E-state index in [1.54, 1.807) is 0 Å². The van der Waals surface area contributed by atoms with E-state index in [1.165, 1.54) is 10.1 Å². The lowest BCUT2D eigenvalue weighted by atomic mass is 10.3. The third-order valence-electron chi connectivity index (χ3n) is 1.92. The summed E-state index contributed by atoms with van der Waals surface area (Å²) >= 11 is 0. The van der Waals surface area contributed by atoms with Crippen LogP contribution < -0.4 is 0 Å². The van der Waals surface area contributed by atoms with Gasteiger partial charge in [0, 0.05) is 11.5 Å². The number of thiophene rings is 1. The molecule has 62 valence electrons. The minimum Gasteiger partial charge on any atom is -0.391 e. The highest BCUT2D eigenvalue weighted by atomic mass is 32.2. The summed E-state index contributed by atoms with van der Waals surface area (Å²) in [6, 6.07) is 10.5. The Hall–Kier alpha value is -0.860. The summed E-state index contributed by atoms with van der Waals surface area (Å²) in [4.78, 5) is 0. The third-order valence-corrected chi connectivity index (χ3v) is 3.95. The molecule has 0 fully saturated rings. The van der Waals surface area contributed by atoms with Gasteiger partial charge in [0.25, 0.3) is 0 Å². The van der Waals surface area contributed by atoms with Crippen molar-refractivity contribution in [1.82, 2.24) is 0 Å². The molecule has 1 N–H and O–H groups in total. The van der Waals surface area contributed by atoms with Gasteiger partial charge in [0.05, 0.1) is 6.61 Å². The molecule has 1 aromatic carbocycles. The lowest BCUT2D eigenvalue weighted by Crippen LogP contribution is -1.79. The van der Waals surface area contributed by atoms with Crippen molar-refractivity contribution in [3.63, 3.8) is 0 Å². The number of hydrogen-bond donors (Lipinski definition) is 1. The molecule has 1 nitrogen and oxygen atoms in total. The zero-order valence-electron chi connectivity index (χ0n) is 6.73. The van der Waals surface area contributed by atoms with Crippen LogP contribution in [0, 0.1) is 0 Å². The molecule has 0 bridgehead atoms. The van der Waals surface area contributed by atoms with E-state index in [2.05, 4.69) is 35.7 Å². The minimum absolute atomic E-state index is 0.167. The molecule has 0 aliphatic carbocycles. The highest BCUT2D eigenvalue weighted by Gasteiger charge is 2.09. The summed E-state index contributed by atoms with van der Waals surface area (Å²) in [6.45, 7) is 0.280. The summed E-state index contributed by atoms with van der Waals surface area (Å²) in [5, 5.41) is 12.3. The van der Waals surface area contributed by atoms with Crippen LogP contribution in [0.5, 0.6) is 0 Å². The standard InChI is InChI=1S/C10H11OS/c11-6-8-12-7-5-9-3-1-2-4-10(9)12/h1-5,7,11H,6,8H2/q+1. The number of fused-ring (bicyclic) bond motifs is 1. The molecule has 0 saturated heterocycles. The molecule has 2 aromatic rings. The van der Waals surface area contributed by atoms with E-state index in [1.807, 2.05) is 0 Å². The molecule has 12 heavy (non-hydrogen) atoms. The molecule has 0 radical (unpaired) electrons. The van der Waals surface area contributed by atoms with E-state index >= 15 is 0 Å². The van der Waals surface area contributed by atoms with Crippen LogP contribution in [-0.2, 0) is 5.75 Å². The van der Waals surface area contributed by atoms with Gasteiger partial charge in [-0.25, -0.2) is 0 Å². The van der Waals surface area contributed by atoms with Crippen molar-refractivity contribution in [2.24, 2.45) is 0 Å². The summed E-state index contributed by atoms with van der Waals surface area (Å²) in [7, 11) is 0.167. The molecular weight excluding hydrogens is 168 g/mol. The van der Waals surface area contributed by atoms with Crippen molar-refractivity contribution in [1.29, 1.82) is 0 Å². The van der Waals surface area contributed by atoms with Crippen molar-refractivity contribution in [2.45, 2.75) is 5.75 Å². The normalized spacial score (nSPS) is 12.2. The van der Waals surface area contributed by atoms with Gasteiger partial charge in [-0.3, -0.25) is 0 Å². The first-order valence-electron chi connectivity index (χ1n) is 3.99. The Labute approximate surface area is 74.2 Å². The van der Waals surface area contributed by atoms with E-state index < -0.39 is 0 Å². The maximum Gasteiger partial charge on any atom is 0.180 e. The van der Waals surface area contributed by atoms with Gasteiger partial charge in [-0.1, -0.05) is 12.1 Å². The number of rotatable bonds is 2. The van der Waals surface area contributed by atoms with Gasteiger partial charge in [0.1, 0.15) is 5.38 Å². The van der Waals surface area contributed by atoms with Crippen LogP contribution in [0.1, 0.15) is 0 Å². The molecule has 0 spiro atoms. The Kier molecular flexibility index (Phi) is 2.11. The summed E-state index contributed by atoms with van der Waals surface area (Å²) in [5.74, 6) is 0.869. The van der Waals surface area contributed by atoms with E-state index in [9.17, 15) is 0 Å². The van der Waals surface area contributed by atoms with Gasteiger partial charge < -0.3 is 5.11 Å². The Bertz CT molecular complexity index is 378. The first-order chi connectivity index (χ1) is 5.92. The molecule has 0 amide bonds. The van der Waals surface area contributed by atoms with Gasteiger partial charge >= 0.3 is 0 Å². The smallest absolute Gasteiger partial charge is 0.180 e. The van der Waals surface area contributed by atoms with Crippen molar-refractivity contribution in [2.75, 3.05) is 6.61 Å². The van der Waals surface area contributed by atoms with Gasteiger partial charge in [0.15, 0.2) is 10.5 Å². The Morgan fingerprint density at radius 2 is 2.00 bits per heavy atom. The van der Waals surface area contributed by atoms with Crippen LogP contribution in [0.4, 0.5) is 0 Å². The molecule has 1 atom stereocenters. The van der Waals surface area contributed by atoms with Crippen molar-refractivity contribution >= 4 is 20.6 Å². The van der Waals surface area contributed by atoms with E-state index in [-0.39, 0.29) is 17.1 Å². The maximum absolute atomic E-state index is 8.83. The second-order valence-electron chi connectivity index (χ2n) is 2.70. The van der Waals surface area contributed by atoms with Crippen LogP contribution >= 0.6 is 10.5 Å². The maximum atomic E-state index is 8.83. The fourth-order valence-corrected chi connectivity index (χ4v) is 3.06. The highest BCUT2D eigenvalue weighted by molar-refractivity contribution is 7.35. The molecule has 0 aliphatic rings. The second-order valence-corrected chi connectivity index (χ2v) is 4.68. The van der Waals surface area contributed by atoms with Crippen LogP contribution in [0.3, 0.4) is 0 Å². The summed E-state index contributed by atoms with van der Waals surface area (Å²) in [5.41, 5.74) is 0. The van der Waals surface area contributed by atoms with Crippen molar-refractivity contribution in [3.05, 3.63) is 35.7 Å². The summed E-state index contributed by atoms with van der Waals surface area (Å²) < 4.78 is 1.38. The molecule has 2 heteroatoms. The molecule has 1 aromatic heterocycles. The lowest BCUT2D eigenvalue weighted by Gasteiger charge is -1.86. The number of benzene rings is 1. The fraction of sp³-hybridized carbons (Fsp3) is 0.200. The van der Waals surface area contributed by atoms with Crippen LogP contribution in [-0.4, -0.2) is 11.7 Å². The average molecular weight is 179 g/mol. The largest absolute Gasteiger partial charge is 0.391 e. The number of hydrogen-bond acceptors (Lipinski definition) is 1. The average Bonchev–Trinajstić information content (AvgIpc) is 2.50. The van der Waals surface area contributed by atoms with Gasteiger partial charge in [0.2, 0.25) is 0 Å². The third kappa shape index (κ3) is 1.24. The van der Waals surface area contributed by atoms with Gasteiger partial charge in [-0.15, -0.1) is 0 Å². The Balaban J connectivity index is 2.55. The van der Waals surface area contributed by atoms with Gasteiger partial charge in [-0.2, -0.15) is 0 Å². The lowest BCUT2D eigenvalue weighted by molar-refractivity contribution is 0.310. The molecule has 1 unspecified atom stereocenters. The first-order valence-corrected chi connectivity index (χ1v) is 5.45. The zero-order valence-corrected chi connectivity index (χ0v) is 7.55. The highest BCUT2D eigenvalue weighted by Crippen LogP contribution is 2.31. The molecular formula is C10H11OS+. The molecule has 0 aliphatic heterocycles. The zero-order chi connectivity index (χ0) is 8.39. The van der Waals surface area contributed by atoms with Crippen LogP contribution in [0.25, 0.3) is 10.1 Å². The number of aliphatic hydroxyl groups excluding tert-OH is 1. The Morgan fingerprint density at radius 3 is 2.83 bits per heavy atom. The summed E-state index contributed by atoms with van der Waals surface area (Å²) in [6.07, 6.45) is 0. The first kappa shape index (κ1) is 7.77. The van der Waals surface area contributed by atoms with E-state index in [0.29, 0.717) is 0 Å².